The lowest BCUT2D eigenvalue weighted by Gasteiger charge is -2.22. The Kier molecular flexibility index (Phi) is 7.29. The Morgan fingerprint density at radius 2 is 2.09 bits per heavy atom. The molecule has 0 heterocycles. The normalized spacial score (nSPS) is 12.7. The van der Waals surface area contributed by atoms with Gasteiger partial charge < -0.3 is 20.5 Å². The van der Waals surface area contributed by atoms with E-state index in [0.717, 1.165) is 12.8 Å². The van der Waals surface area contributed by atoms with E-state index >= 15 is 0 Å². The third kappa shape index (κ3) is 7.83. The van der Waals surface area contributed by atoms with Gasteiger partial charge in [0.25, 0.3) is 0 Å². The zero-order valence-corrected chi connectivity index (χ0v) is 14.3. The molecule has 5 nitrogen and oxygen atoms in total. The van der Waals surface area contributed by atoms with Crippen LogP contribution in [0.25, 0.3) is 0 Å². The number of phenols is 1. The summed E-state index contributed by atoms with van der Waals surface area (Å²) in [6.45, 7) is 8.19. The molecule has 23 heavy (non-hydrogen) atoms. The number of hydrogen-bond donors (Lipinski definition) is 3. The van der Waals surface area contributed by atoms with Crippen molar-refractivity contribution in [2.45, 2.75) is 58.7 Å². The van der Waals surface area contributed by atoms with Gasteiger partial charge in [-0.15, -0.1) is 0 Å². The van der Waals surface area contributed by atoms with Crippen LogP contribution in [0.1, 0.15) is 46.1 Å². The molecule has 0 aliphatic carbocycles. The van der Waals surface area contributed by atoms with Gasteiger partial charge in [-0.1, -0.05) is 13.3 Å². The molecule has 0 saturated carbocycles. The minimum Gasteiger partial charge on any atom is -0.508 e. The van der Waals surface area contributed by atoms with E-state index in [-0.39, 0.29) is 11.8 Å². The van der Waals surface area contributed by atoms with Crippen molar-refractivity contribution in [2.24, 2.45) is 0 Å². The molecule has 0 bridgehead atoms. The Balaban J connectivity index is 2.51. The van der Waals surface area contributed by atoms with E-state index in [1.807, 2.05) is 6.92 Å². The number of nitrogens with one attached hydrogen (secondary N) is 2. The highest BCUT2D eigenvalue weighted by atomic mass is 19.1. The summed E-state index contributed by atoms with van der Waals surface area (Å²) in [5.41, 5.74) is -0.0474. The van der Waals surface area contributed by atoms with Gasteiger partial charge in [-0.3, -0.25) is 0 Å². The number of rotatable bonds is 7. The minimum atomic E-state index is -0.537. The summed E-state index contributed by atoms with van der Waals surface area (Å²) in [5, 5.41) is 15.7. The first kappa shape index (κ1) is 19.2. The SMILES string of the molecule is CCCC(CNC(=O)OC(C)(C)C)NCc1cc(F)ccc1O. The van der Waals surface area contributed by atoms with Crippen molar-refractivity contribution in [1.82, 2.24) is 10.6 Å². The summed E-state index contributed by atoms with van der Waals surface area (Å²) >= 11 is 0. The molecule has 130 valence electrons. The molecule has 0 radical (unpaired) electrons. The summed E-state index contributed by atoms with van der Waals surface area (Å²) in [4.78, 5) is 11.7. The molecule has 1 atom stereocenters. The monoisotopic (exact) mass is 326 g/mol. The van der Waals surface area contributed by atoms with E-state index in [1.165, 1.54) is 18.2 Å². The van der Waals surface area contributed by atoms with Gasteiger partial charge in [-0.25, -0.2) is 9.18 Å². The zero-order valence-electron chi connectivity index (χ0n) is 14.3. The molecule has 1 aromatic carbocycles. The van der Waals surface area contributed by atoms with E-state index < -0.39 is 17.5 Å². The topological polar surface area (TPSA) is 70.6 Å². The Morgan fingerprint density at radius 3 is 2.70 bits per heavy atom. The number of ether oxygens (including phenoxy) is 1. The van der Waals surface area contributed by atoms with Gasteiger partial charge in [-0.05, 0) is 45.4 Å². The number of aromatic hydroxyl groups is 1. The first-order chi connectivity index (χ1) is 10.7. The van der Waals surface area contributed by atoms with Crippen LogP contribution in [0.3, 0.4) is 0 Å². The highest BCUT2D eigenvalue weighted by Gasteiger charge is 2.17. The molecular formula is C17H27FN2O3. The summed E-state index contributed by atoms with van der Waals surface area (Å²) in [5.74, 6) is -0.340. The molecule has 0 aromatic heterocycles. The van der Waals surface area contributed by atoms with E-state index in [1.54, 1.807) is 20.8 Å². The number of amides is 1. The predicted molar refractivity (Wildman–Crippen MR) is 87.8 cm³/mol. The van der Waals surface area contributed by atoms with Crippen LogP contribution in [0.2, 0.25) is 0 Å². The maximum Gasteiger partial charge on any atom is 0.407 e. The lowest BCUT2D eigenvalue weighted by Crippen LogP contribution is -2.42. The highest BCUT2D eigenvalue weighted by molar-refractivity contribution is 5.67. The van der Waals surface area contributed by atoms with Crippen LogP contribution in [0.4, 0.5) is 9.18 Å². The standard InChI is InChI=1S/C17H27FN2O3/c1-5-6-14(11-20-16(22)23-17(2,3)4)19-10-12-9-13(18)7-8-15(12)21/h7-9,14,19,21H,5-6,10-11H2,1-4H3,(H,20,22). The Bertz CT molecular complexity index is 515. The molecule has 0 aliphatic heterocycles. The fourth-order valence-corrected chi connectivity index (χ4v) is 2.10. The van der Waals surface area contributed by atoms with E-state index in [9.17, 15) is 14.3 Å². The maximum atomic E-state index is 13.2. The average Bonchev–Trinajstić information content (AvgIpc) is 2.43. The van der Waals surface area contributed by atoms with Crippen molar-refractivity contribution in [3.8, 4) is 5.75 Å². The predicted octanol–water partition coefficient (Wildman–Crippen LogP) is 3.31. The van der Waals surface area contributed by atoms with E-state index in [4.69, 9.17) is 4.74 Å². The number of carbonyl (C=O) groups excluding carboxylic acids is 1. The first-order valence-electron chi connectivity index (χ1n) is 7.89. The molecule has 1 amide bonds. The van der Waals surface area contributed by atoms with Crippen LogP contribution in [0.15, 0.2) is 18.2 Å². The quantitative estimate of drug-likeness (QED) is 0.719. The zero-order chi connectivity index (χ0) is 17.5. The molecule has 1 unspecified atom stereocenters. The Morgan fingerprint density at radius 1 is 1.39 bits per heavy atom. The second kappa shape index (κ2) is 8.72. The van der Waals surface area contributed by atoms with Gasteiger partial charge in [0.15, 0.2) is 0 Å². The molecule has 0 saturated heterocycles. The molecule has 0 fully saturated rings. The lowest BCUT2D eigenvalue weighted by atomic mass is 10.1. The lowest BCUT2D eigenvalue weighted by molar-refractivity contribution is 0.0521. The van der Waals surface area contributed by atoms with E-state index in [2.05, 4.69) is 10.6 Å². The molecule has 6 heteroatoms. The Hall–Kier alpha value is -1.82. The summed E-state index contributed by atoms with van der Waals surface area (Å²) < 4.78 is 18.4. The first-order valence-corrected chi connectivity index (χ1v) is 7.89. The van der Waals surface area contributed by atoms with Crippen LogP contribution < -0.4 is 10.6 Å². The van der Waals surface area contributed by atoms with Crippen LogP contribution >= 0.6 is 0 Å². The minimum absolute atomic E-state index is 0.00943. The van der Waals surface area contributed by atoms with Crippen molar-refractivity contribution in [2.75, 3.05) is 6.54 Å². The van der Waals surface area contributed by atoms with Gasteiger partial charge in [0.2, 0.25) is 0 Å². The highest BCUT2D eigenvalue weighted by Crippen LogP contribution is 2.17. The fraction of sp³-hybridized carbons (Fsp3) is 0.588. The molecule has 0 spiro atoms. The van der Waals surface area contributed by atoms with Crippen LogP contribution in [0, 0.1) is 5.82 Å². The maximum absolute atomic E-state index is 13.2. The summed E-state index contributed by atoms with van der Waals surface area (Å²) in [6, 6.07) is 3.86. The summed E-state index contributed by atoms with van der Waals surface area (Å²) in [6.07, 6.45) is 1.31. The Labute approximate surface area is 137 Å². The van der Waals surface area contributed by atoms with Crippen LogP contribution in [0.5, 0.6) is 5.75 Å². The van der Waals surface area contributed by atoms with Crippen molar-refractivity contribution in [3.63, 3.8) is 0 Å². The number of alkyl carbamates (subject to hydrolysis) is 1. The largest absolute Gasteiger partial charge is 0.508 e. The van der Waals surface area contributed by atoms with Gasteiger partial charge in [0, 0.05) is 24.7 Å². The van der Waals surface area contributed by atoms with Crippen LogP contribution in [-0.4, -0.2) is 29.4 Å². The van der Waals surface area contributed by atoms with Crippen LogP contribution in [-0.2, 0) is 11.3 Å². The molecule has 1 rings (SSSR count). The third-order valence-electron chi connectivity index (χ3n) is 3.15. The second-order valence-corrected chi connectivity index (χ2v) is 6.52. The van der Waals surface area contributed by atoms with Gasteiger partial charge in [0.1, 0.15) is 17.2 Å². The van der Waals surface area contributed by atoms with Crippen molar-refractivity contribution in [1.29, 1.82) is 0 Å². The van der Waals surface area contributed by atoms with Crippen molar-refractivity contribution < 1.29 is 19.0 Å². The molecule has 1 aromatic rings. The number of benzene rings is 1. The number of carbonyl (C=O) groups is 1. The smallest absolute Gasteiger partial charge is 0.407 e. The van der Waals surface area contributed by atoms with Crippen molar-refractivity contribution >= 4 is 6.09 Å². The fourth-order valence-electron chi connectivity index (χ4n) is 2.10. The van der Waals surface area contributed by atoms with Gasteiger partial charge in [-0.2, -0.15) is 0 Å². The second-order valence-electron chi connectivity index (χ2n) is 6.52. The number of halogens is 1. The van der Waals surface area contributed by atoms with Gasteiger partial charge >= 0.3 is 6.09 Å². The molecular weight excluding hydrogens is 299 g/mol. The summed E-state index contributed by atoms with van der Waals surface area (Å²) in [7, 11) is 0. The molecule has 0 aliphatic rings. The third-order valence-corrected chi connectivity index (χ3v) is 3.15. The average molecular weight is 326 g/mol. The van der Waals surface area contributed by atoms with E-state index in [0.29, 0.717) is 18.7 Å². The number of phenolic OH excluding ortho intramolecular Hbond substituents is 1. The van der Waals surface area contributed by atoms with Crippen molar-refractivity contribution in [3.05, 3.63) is 29.6 Å². The number of hydrogen-bond acceptors (Lipinski definition) is 4. The van der Waals surface area contributed by atoms with Gasteiger partial charge in [0.05, 0.1) is 0 Å². The molecule has 3 N–H and O–H groups in total.